The van der Waals surface area contributed by atoms with E-state index in [4.69, 9.17) is 30.0 Å². The van der Waals surface area contributed by atoms with Gasteiger partial charge in [0.05, 0.1) is 6.61 Å². The largest absolute Gasteiger partial charge is 0.469 e. The van der Waals surface area contributed by atoms with Crippen LogP contribution in [0.4, 0.5) is 5.82 Å². The van der Waals surface area contributed by atoms with Gasteiger partial charge in [-0.15, -0.1) is 5.10 Å². The summed E-state index contributed by atoms with van der Waals surface area (Å²) in [6, 6.07) is 0. The third-order valence-corrected chi connectivity index (χ3v) is 4.45. The highest BCUT2D eigenvalue weighted by atomic mass is 31.2. The molecule has 3 atom stereocenters. The summed E-state index contributed by atoms with van der Waals surface area (Å²) in [5.41, 5.74) is 6.06. The van der Waals surface area contributed by atoms with E-state index < -0.39 is 40.7 Å². The molecular weight excluding hydrogens is 398 g/mol. The van der Waals surface area contributed by atoms with Crippen LogP contribution >= 0.6 is 15.6 Å². The van der Waals surface area contributed by atoms with Crippen molar-refractivity contribution in [3.05, 3.63) is 6.33 Å². The van der Waals surface area contributed by atoms with Crippen molar-refractivity contribution < 1.29 is 42.5 Å². The van der Waals surface area contributed by atoms with Crippen molar-refractivity contribution in [2.24, 2.45) is 0 Å². The number of nitrogens with zero attached hydrogens (tertiary/aromatic N) is 5. The molecule has 0 spiro atoms. The van der Waals surface area contributed by atoms with Crippen molar-refractivity contribution in [3.8, 4) is 0 Å². The van der Waals surface area contributed by atoms with Crippen molar-refractivity contribution in [1.29, 1.82) is 0 Å². The smallest absolute Gasteiger partial charge is 0.382 e. The Labute approximate surface area is 144 Å². The maximum atomic E-state index is 11.1. The van der Waals surface area contributed by atoms with Gasteiger partial charge in [0.2, 0.25) is 0 Å². The van der Waals surface area contributed by atoms with Crippen molar-refractivity contribution in [2.45, 2.75) is 24.9 Å². The van der Waals surface area contributed by atoms with Crippen LogP contribution in [0.25, 0.3) is 11.2 Å². The molecule has 26 heavy (non-hydrogen) atoms. The number of hydrogen-bond donors (Lipinski definition) is 5. The minimum Gasteiger partial charge on any atom is -0.382 e. The lowest BCUT2D eigenvalue weighted by molar-refractivity contribution is -0.0461. The van der Waals surface area contributed by atoms with Crippen molar-refractivity contribution in [2.75, 3.05) is 12.3 Å². The number of phosphoric ester groups is 2. The zero-order chi connectivity index (χ0) is 19.1. The fourth-order valence-electron chi connectivity index (χ4n) is 2.43. The molecule has 0 amide bonds. The van der Waals surface area contributed by atoms with Gasteiger partial charge in [-0.3, -0.25) is 9.05 Å². The summed E-state index contributed by atoms with van der Waals surface area (Å²) in [4.78, 5) is 43.4. The van der Waals surface area contributed by atoms with Gasteiger partial charge in [-0.2, -0.15) is 4.68 Å². The topological polar surface area (TPSA) is 225 Å². The molecule has 6 N–H and O–H groups in total. The van der Waals surface area contributed by atoms with E-state index in [9.17, 15) is 9.13 Å². The van der Waals surface area contributed by atoms with Crippen molar-refractivity contribution in [1.82, 2.24) is 25.0 Å². The Balaban J connectivity index is 1.85. The molecule has 2 aromatic rings. The molecule has 1 aliphatic rings. The van der Waals surface area contributed by atoms with Gasteiger partial charge >= 0.3 is 15.6 Å². The minimum absolute atomic E-state index is 0.0728. The van der Waals surface area contributed by atoms with Crippen molar-refractivity contribution in [3.63, 3.8) is 0 Å². The molecule has 17 heteroatoms. The summed E-state index contributed by atoms with van der Waals surface area (Å²) >= 11 is 0. The molecule has 3 heterocycles. The number of fused-ring (bicyclic) bond motifs is 1. The number of rotatable bonds is 6. The maximum Gasteiger partial charge on any atom is 0.469 e. The molecule has 0 unspecified atom stereocenters. The zero-order valence-corrected chi connectivity index (χ0v) is 14.6. The summed E-state index contributed by atoms with van der Waals surface area (Å²) in [6.45, 7) is -0.671. The highest BCUT2D eigenvalue weighted by Crippen LogP contribution is 2.45. The van der Waals surface area contributed by atoms with Crippen molar-refractivity contribution >= 4 is 32.6 Å². The Morgan fingerprint density at radius 2 is 2.00 bits per heavy atom. The number of nitrogens with two attached hydrogens (primary N) is 1. The van der Waals surface area contributed by atoms with Gasteiger partial charge in [0.25, 0.3) is 0 Å². The Morgan fingerprint density at radius 3 is 2.65 bits per heavy atom. The molecule has 1 fully saturated rings. The monoisotopic (exact) mass is 412 g/mol. The molecule has 0 bridgehead atoms. The summed E-state index contributed by atoms with van der Waals surface area (Å²) in [6.07, 6.45) is -2.33. The van der Waals surface area contributed by atoms with Gasteiger partial charge in [0, 0.05) is 6.42 Å². The van der Waals surface area contributed by atoms with E-state index in [1.165, 1.54) is 11.0 Å². The number of aromatic nitrogens is 5. The van der Waals surface area contributed by atoms with E-state index in [2.05, 4.69) is 29.3 Å². The van der Waals surface area contributed by atoms with Crippen LogP contribution in [0.1, 0.15) is 12.6 Å². The SMILES string of the molecule is Nc1ncnc2c1nnn2[C@H]1C[C@@H](OP(=O)(O)O)[C@@H](COP(=O)(O)O)O1. The summed E-state index contributed by atoms with van der Waals surface area (Å²) < 4.78 is 37.7. The number of anilines is 1. The molecule has 15 nitrogen and oxygen atoms in total. The first kappa shape index (κ1) is 19.2. The third kappa shape index (κ3) is 4.40. The van der Waals surface area contributed by atoms with Crippen LogP contribution in [0.5, 0.6) is 0 Å². The zero-order valence-electron chi connectivity index (χ0n) is 12.8. The second kappa shape index (κ2) is 6.88. The average Bonchev–Trinajstić information content (AvgIpc) is 3.07. The average molecular weight is 412 g/mol. The molecule has 0 aromatic carbocycles. The maximum absolute atomic E-state index is 11.1. The fourth-order valence-corrected chi connectivity index (χ4v) is 3.35. The van der Waals surface area contributed by atoms with E-state index in [1.54, 1.807) is 0 Å². The summed E-state index contributed by atoms with van der Waals surface area (Å²) in [7, 11) is -9.72. The predicted octanol–water partition coefficient (Wildman–Crippen LogP) is -1.32. The Hall–Kier alpha value is -1.54. The molecule has 2 aromatic heterocycles. The second-order valence-corrected chi connectivity index (χ2v) is 7.68. The first-order chi connectivity index (χ1) is 12.0. The van der Waals surface area contributed by atoms with E-state index in [1.807, 2.05) is 0 Å². The van der Waals surface area contributed by atoms with Crippen LogP contribution in [0, 0.1) is 0 Å². The summed E-state index contributed by atoms with van der Waals surface area (Å²) in [5.74, 6) is 0.0728. The molecule has 144 valence electrons. The normalized spacial score (nSPS) is 24.4. The molecule has 0 aliphatic carbocycles. The van der Waals surface area contributed by atoms with Crippen LogP contribution < -0.4 is 5.73 Å². The van der Waals surface area contributed by atoms with E-state index in [-0.39, 0.29) is 23.4 Å². The number of nitrogen functional groups attached to an aromatic ring is 1. The standard InChI is InChI=1S/C9H14N6O9P2/c10-8-7-9(12-3-11-8)15(14-13-7)6-1-4(24-26(19,20)21)5(23-6)2-22-25(16,17)18/h3-6H,1-2H2,(H2,10,11,12)(H2,16,17,18)(H2,19,20,21)/t4-,5-,6-/m1/s1. The minimum atomic E-state index is -4.90. The number of phosphoric acid groups is 2. The lowest BCUT2D eigenvalue weighted by Crippen LogP contribution is -2.28. The van der Waals surface area contributed by atoms with E-state index in [0.717, 1.165) is 0 Å². The Bertz CT molecular complexity index is 895. The van der Waals surface area contributed by atoms with Gasteiger partial charge in [-0.25, -0.2) is 19.1 Å². The first-order valence-corrected chi connectivity index (χ1v) is 10.0. The predicted molar refractivity (Wildman–Crippen MR) is 81.0 cm³/mol. The Kier molecular flexibility index (Phi) is 5.09. The fraction of sp³-hybridized carbons (Fsp3) is 0.556. The molecule has 0 radical (unpaired) electrons. The highest BCUT2D eigenvalue weighted by Gasteiger charge is 2.42. The van der Waals surface area contributed by atoms with Crippen LogP contribution in [-0.4, -0.2) is 63.4 Å². The van der Waals surface area contributed by atoms with Crippen LogP contribution in [0.2, 0.25) is 0 Å². The van der Waals surface area contributed by atoms with Gasteiger partial charge in [-0.1, -0.05) is 5.21 Å². The van der Waals surface area contributed by atoms with E-state index >= 15 is 0 Å². The quantitative estimate of drug-likeness (QED) is 0.347. The lowest BCUT2D eigenvalue weighted by Gasteiger charge is -2.19. The third-order valence-electron chi connectivity index (χ3n) is 3.42. The molecule has 1 saturated heterocycles. The molecule has 0 saturated carbocycles. The van der Waals surface area contributed by atoms with Gasteiger partial charge in [0.1, 0.15) is 18.5 Å². The Morgan fingerprint density at radius 1 is 1.27 bits per heavy atom. The molecule has 3 rings (SSSR count). The summed E-state index contributed by atoms with van der Waals surface area (Å²) in [5, 5.41) is 7.63. The second-order valence-electron chi connectivity index (χ2n) is 5.25. The van der Waals surface area contributed by atoms with Gasteiger partial charge < -0.3 is 30.0 Å². The number of ether oxygens (including phenoxy) is 1. The highest BCUT2D eigenvalue weighted by molar-refractivity contribution is 7.46. The molecule has 1 aliphatic heterocycles. The van der Waals surface area contributed by atoms with Crippen LogP contribution in [-0.2, 0) is 22.9 Å². The lowest BCUT2D eigenvalue weighted by atomic mass is 10.2. The first-order valence-electron chi connectivity index (χ1n) is 6.94. The van der Waals surface area contributed by atoms with Crippen LogP contribution in [0.3, 0.4) is 0 Å². The van der Waals surface area contributed by atoms with Gasteiger partial charge in [0.15, 0.2) is 23.2 Å². The number of hydrogen-bond acceptors (Lipinski definition) is 10. The van der Waals surface area contributed by atoms with Crippen LogP contribution in [0.15, 0.2) is 6.33 Å². The van der Waals surface area contributed by atoms with Gasteiger partial charge in [-0.05, 0) is 0 Å². The molecular formula is C9H14N6O9P2. The van der Waals surface area contributed by atoms with E-state index in [0.29, 0.717) is 0 Å².